The number of hydrogen-bond donors (Lipinski definition) is 1. The fourth-order valence-electron chi connectivity index (χ4n) is 3.55. The highest BCUT2D eigenvalue weighted by Crippen LogP contribution is 2.43. The maximum absolute atomic E-state index is 12.7. The van der Waals surface area contributed by atoms with Gasteiger partial charge in [0.05, 0.1) is 0 Å². The summed E-state index contributed by atoms with van der Waals surface area (Å²) in [7, 11) is 0. The Hall–Kier alpha value is -1.02. The quantitative estimate of drug-likeness (QED) is 0.762. The van der Waals surface area contributed by atoms with Crippen LogP contribution in [0, 0.1) is 11.3 Å². The van der Waals surface area contributed by atoms with Gasteiger partial charge in [-0.15, -0.1) is 11.6 Å². The molecule has 1 N–H and O–H groups in total. The number of carbonyl (C=O) groups excluding carboxylic acids is 1. The first-order chi connectivity index (χ1) is 10.1. The first-order valence-corrected chi connectivity index (χ1v) is 8.51. The molecule has 21 heavy (non-hydrogen) atoms. The molecule has 0 saturated heterocycles. The second-order valence-electron chi connectivity index (χ2n) is 6.72. The van der Waals surface area contributed by atoms with Crippen LogP contribution in [0.25, 0.3) is 0 Å². The lowest BCUT2D eigenvalue weighted by Gasteiger charge is -2.29. The molecule has 2 rings (SSSR count). The van der Waals surface area contributed by atoms with Crippen LogP contribution in [0.2, 0.25) is 0 Å². The number of hydrogen-bond acceptors (Lipinski definition) is 1. The third-order valence-electron chi connectivity index (χ3n) is 4.44. The fraction of sp³-hybridized carbons (Fsp3) is 0.611. The third kappa shape index (κ3) is 4.23. The summed E-state index contributed by atoms with van der Waals surface area (Å²) < 4.78 is 0. The van der Waals surface area contributed by atoms with Gasteiger partial charge in [0.1, 0.15) is 0 Å². The average molecular weight is 308 g/mol. The van der Waals surface area contributed by atoms with Gasteiger partial charge in [-0.25, -0.2) is 0 Å². The van der Waals surface area contributed by atoms with Crippen LogP contribution in [0.4, 0.5) is 0 Å². The maximum Gasteiger partial charge on any atom is 0.226 e. The van der Waals surface area contributed by atoms with Gasteiger partial charge >= 0.3 is 0 Å². The Morgan fingerprint density at radius 3 is 2.57 bits per heavy atom. The molecule has 3 heteroatoms. The molecule has 1 aliphatic rings. The summed E-state index contributed by atoms with van der Waals surface area (Å²) in [5.41, 5.74) is 2.10. The summed E-state index contributed by atoms with van der Waals surface area (Å²) in [6.45, 7) is 5.01. The van der Waals surface area contributed by atoms with Crippen LogP contribution in [-0.4, -0.2) is 5.91 Å². The van der Waals surface area contributed by atoms with Crippen molar-refractivity contribution in [2.45, 2.75) is 58.4 Å². The number of amides is 1. The summed E-state index contributed by atoms with van der Waals surface area (Å²) in [4.78, 5) is 12.7. The van der Waals surface area contributed by atoms with Crippen molar-refractivity contribution in [3.05, 3.63) is 35.4 Å². The lowest BCUT2D eigenvalue weighted by molar-refractivity contribution is -0.132. The third-order valence-corrected chi connectivity index (χ3v) is 4.75. The highest BCUT2D eigenvalue weighted by atomic mass is 35.5. The molecule has 0 aliphatic heterocycles. The van der Waals surface area contributed by atoms with E-state index in [9.17, 15) is 4.79 Å². The average Bonchev–Trinajstić information content (AvgIpc) is 2.94. The molecular weight excluding hydrogens is 282 g/mol. The molecule has 1 saturated carbocycles. The fourth-order valence-corrected chi connectivity index (χ4v) is 3.72. The molecule has 1 aromatic carbocycles. The number of halogens is 1. The minimum absolute atomic E-state index is 0.127. The van der Waals surface area contributed by atoms with Crippen LogP contribution in [0.15, 0.2) is 24.3 Å². The van der Waals surface area contributed by atoms with E-state index in [-0.39, 0.29) is 11.3 Å². The molecule has 0 radical (unpaired) electrons. The Bertz CT molecular complexity index is 478. The van der Waals surface area contributed by atoms with Crippen molar-refractivity contribution in [3.8, 4) is 0 Å². The van der Waals surface area contributed by atoms with Gasteiger partial charge in [0.2, 0.25) is 5.91 Å². The van der Waals surface area contributed by atoms with E-state index in [1.165, 1.54) is 12.8 Å². The molecule has 0 aromatic heterocycles. The van der Waals surface area contributed by atoms with Gasteiger partial charge in [-0.2, -0.15) is 0 Å². The Morgan fingerprint density at radius 1 is 1.29 bits per heavy atom. The standard InChI is InChI=1S/C18H26ClNO/c1-14(2)11-18(8-3-4-9-18)17(21)20-13-16-7-5-6-15(10-16)12-19/h5-7,10,14H,3-4,8-9,11-13H2,1-2H3,(H,20,21). The normalized spacial score (nSPS) is 17.1. The van der Waals surface area contributed by atoms with Gasteiger partial charge in [0.25, 0.3) is 0 Å². The summed E-state index contributed by atoms with van der Waals surface area (Å²) >= 11 is 5.86. The molecule has 1 aliphatic carbocycles. The minimum Gasteiger partial charge on any atom is -0.352 e. The molecule has 0 heterocycles. The van der Waals surface area contributed by atoms with Crippen LogP contribution in [0.3, 0.4) is 0 Å². The van der Waals surface area contributed by atoms with Gasteiger partial charge in [-0.05, 0) is 36.3 Å². The summed E-state index contributed by atoms with van der Waals surface area (Å²) in [5, 5.41) is 3.16. The second-order valence-corrected chi connectivity index (χ2v) is 6.99. The lowest BCUT2D eigenvalue weighted by atomic mass is 9.77. The van der Waals surface area contributed by atoms with Crippen molar-refractivity contribution in [2.75, 3.05) is 0 Å². The molecule has 1 fully saturated rings. The van der Waals surface area contributed by atoms with E-state index in [1.807, 2.05) is 18.2 Å². The van der Waals surface area contributed by atoms with Crippen LogP contribution in [0.5, 0.6) is 0 Å². The number of carbonyl (C=O) groups is 1. The van der Waals surface area contributed by atoms with Crippen molar-refractivity contribution in [3.63, 3.8) is 0 Å². The van der Waals surface area contributed by atoms with E-state index < -0.39 is 0 Å². The van der Waals surface area contributed by atoms with E-state index in [4.69, 9.17) is 11.6 Å². The van der Waals surface area contributed by atoms with Gasteiger partial charge in [0.15, 0.2) is 0 Å². The highest BCUT2D eigenvalue weighted by molar-refractivity contribution is 6.17. The molecule has 1 amide bonds. The molecule has 0 unspecified atom stereocenters. The van der Waals surface area contributed by atoms with Crippen molar-refractivity contribution in [2.24, 2.45) is 11.3 Å². The summed E-state index contributed by atoms with van der Waals surface area (Å²) in [6.07, 6.45) is 5.45. The highest BCUT2D eigenvalue weighted by Gasteiger charge is 2.41. The van der Waals surface area contributed by atoms with Gasteiger partial charge < -0.3 is 5.32 Å². The summed E-state index contributed by atoms with van der Waals surface area (Å²) in [5.74, 6) is 1.32. The van der Waals surface area contributed by atoms with Crippen molar-refractivity contribution in [1.29, 1.82) is 0 Å². The Morgan fingerprint density at radius 2 is 1.95 bits per heavy atom. The molecular formula is C18H26ClNO. The number of benzene rings is 1. The van der Waals surface area contributed by atoms with E-state index in [2.05, 4.69) is 25.2 Å². The summed E-state index contributed by atoms with van der Waals surface area (Å²) in [6, 6.07) is 8.12. The van der Waals surface area contributed by atoms with Crippen molar-refractivity contribution < 1.29 is 4.79 Å². The van der Waals surface area contributed by atoms with Crippen LogP contribution in [0.1, 0.15) is 57.1 Å². The Kier molecular flexibility index (Phi) is 5.69. The van der Waals surface area contributed by atoms with E-state index in [0.717, 1.165) is 30.4 Å². The zero-order valence-electron chi connectivity index (χ0n) is 13.1. The molecule has 2 nitrogen and oxygen atoms in total. The smallest absolute Gasteiger partial charge is 0.226 e. The maximum atomic E-state index is 12.7. The number of alkyl halides is 1. The predicted molar refractivity (Wildman–Crippen MR) is 88.2 cm³/mol. The van der Waals surface area contributed by atoms with Gasteiger partial charge in [-0.3, -0.25) is 4.79 Å². The molecule has 116 valence electrons. The van der Waals surface area contributed by atoms with Gasteiger partial charge in [-0.1, -0.05) is 51.0 Å². The van der Waals surface area contributed by atoms with Crippen LogP contribution in [-0.2, 0) is 17.2 Å². The number of nitrogens with one attached hydrogen (secondary N) is 1. The predicted octanol–water partition coefficient (Wildman–Crippen LogP) is 4.65. The van der Waals surface area contributed by atoms with Gasteiger partial charge in [0, 0.05) is 17.8 Å². The topological polar surface area (TPSA) is 29.1 Å². The largest absolute Gasteiger partial charge is 0.352 e. The van der Waals surface area contributed by atoms with Crippen molar-refractivity contribution in [1.82, 2.24) is 5.32 Å². The van der Waals surface area contributed by atoms with E-state index in [1.54, 1.807) is 0 Å². The second kappa shape index (κ2) is 7.31. The van der Waals surface area contributed by atoms with Crippen LogP contribution < -0.4 is 5.32 Å². The zero-order valence-corrected chi connectivity index (χ0v) is 13.9. The van der Waals surface area contributed by atoms with Crippen molar-refractivity contribution >= 4 is 17.5 Å². The Labute approximate surface area is 133 Å². The van der Waals surface area contributed by atoms with Crippen LogP contribution >= 0.6 is 11.6 Å². The minimum atomic E-state index is -0.127. The monoisotopic (exact) mass is 307 g/mol. The first kappa shape index (κ1) is 16.4. The Balaban J connectivity index is 1.99. The molecule has 0 bridgehead atoms. The van der Waals surface area contributed by atoms with E-state index in [0.29, 0.717) is 18.3 Å². The van der Waals surface area contributed by atoms with E-state index >= 15 is 0 Å². The molecule has 0 atom stereocenters. The SMILES string of the molecule is CC(C)CC1(C(=O)NCc2cccc(CCl)c2)CCCC1. The number of rotatable bonds is 6. The molecule has 1 aromatic rings. The first-order valence-electron chi connectivity index (χ1n) is 7.98. The molecule has 0 spiro atoms. The zero-order chi connectivity index (χ0) is 15.3. The lowest BCUT2D eigenvalue weighted by Crippen LogP contribution is -2.39.